The molecule has 212 valence electrons. The highest BCUT2D eigenvalue weighted by Gasteiger charge is 2.45. The smallest absolute Gasteiger partial charge is 0.319 e. The van der Waals surface area contributed by atoms with Gasteiger partial charge in [0.15, 0.2) is 0 Å². The van der Waals surface area contributed by atoms with Crippen LogP contribution in [0.3, 0.4) is 0 Å². The zero-order chi connectivity index (χ0) is 27.4. The molecule has 7 rings (SSSR count). The molecule has 5 heterocycles. The van der Waals surface area contributed by atoms with Crippen molar-refractivity contribution in [3.63, 3.8) is 0 Å². The van der Waals surface area contributed by atoms with Gasteiger partial charge >= 0.3 is 6.01 Å². The quantitative estimate of drug-likeness (QED) is 0.504. The number of anilines is 1. The first-order chi connectivity index (χ1) is 19.5. The SMILES string of the molecule is C=CC(=O)N1CCN(c2nc(O[C@@H]3CN(C)C[C@H]3OC)nc3c2CN(C2CCc4ccccc42)C3)C2COCC21. The summed E-state index contributed by atoms with van der Waals surface area (Å²) >= 11 is 0. The van der Waals surface area contributed by atoms with Crippen LogP contribution in [0.1, 0.15) is 34.8 Å². The number of carbonyl (C=O) groups is 1. The number of hydrogen-bond acceptors (Lipinski definition) is 9. The number of aryl methyl sites for hydroxylation is 1. The van der Waals surface area contributed by atoms with Crippen LogP contribution < -0.4 is 9.64 Å². The minimum absolute atomic E-state index is 0.0232. The van der Waals surface area contributed by atoms with Gasteiger partial charge in [0.05, 0.1) is 31.0 Å². The number of aromatic nitrogens is 2. The highest BCUT2D eigenvalue weighted by Crippen LogP contribution is 2.43. The minimum atomic E-state index is -0.135. The number of ether oxygens (including phenoxy) is 3. The van der Waals surface area contributed by atoms with Gasteiger partial charge in [0.1, 0.15) is 18.0 Å². The molecule has 0 N–H and O–H groups in total. The van der Waals surface area contributed by atoms with E-state index < -0.39 is 0 Å². The Kier molecular flexibility index (Phi) is 6.74. The number of methoxy groups -OCH3 is 1. The summed E-state index contributed by atoms with van der Waals surface area (Å²) in [4.78, 5) is 31.7. The van der Waals surface area contributed by atoms with Crippen LogP contribution >= 0.6 is 0 Å². The van der Waals surface area contributed by atoms with E-state index in [1.165, 1.54) is 17.2 Å². The molecule has 10 nitrogen and oxygen atoms in total. The average molecular weight is 547 g/mol. The number of piperazine rings is 1. The molecular formula is C30H38N6O4. The Balaban J connectivity index is 1.23. The summed E-state index contributed by atoms with van der Waals surface area (Å²) in [5.74, 6) is 0.874. The second-order valence-corrected chi connectivity index (χ2v) is 11.7. The summed E-state index contributed by atoms with van der Waals surface area (Å²) in [6, 6.07) is 9.58. The summed E-state index contributed by atoms with van der Waals surface area (Å²) in [5.41, 5.74) is 5.07. The van der Waals surface area contributed by atoms with E-state index in [9.17, 15) is 4.79 Å². The van der Waals surface area contributed by atoms with Gasteiger partial charge in [0.25, 0.3) is 0 Å². The third-order valence-electron chi connectivity index (χ3n) is 9.40. The van der Waals surface area contributed by atoms with Crippen molar-refractivity contribution in [1.82, 2.24) is 24.7 Å². The van der Waals surface area contributed by atoms with Crippen molar-refractivity contribution in [1.29, 1.82) is 0 Å². The van der Waals surface area contributed by atoms with Crippen LogP contribution in [0, 0.1) is 0 Å². The van der Waals surface area contributed by atoms with Gasteiger partial charge in [-0.15, -0.1) is 0 Å². The van der Waals surface area contributed by atoms with Gasteiger partial charge in [0.2, 0.25) is 5.91 Å². The Morgan fingerprint density at radius 2 is 1.93 bits per heavy atom. The normalized spacial score (nSPS) is 29.9. The molecule has 4 aliphatic heterocycles. The number of carbonyl (C=O) groups excluding carboxylic acids is 1. The number of hydrogen-bond donors (Lipinski definition) is 0. The van der Waals surface area contributed by atoms with E-state index in [0.717, 1.165) is 56.1 Å². The van der Waals surface area contributed by atoms with Crippen molar-refractivity contribution in [2.45, 2.75) is 56.3 Å². The number of rotatable bonds is 6. The summed E-state index contributed by atoms with van der Waals surface area (Å²) < 4.78 is 18.1. The summed E-state index contributed by atoms with van der Waals surface area (Å²) in [7, 11) is 3.81. The molecule has 0 spiro atoms. The van der Waals surface area contributed by atoms with E-state index in [2.05, 4.69) is 52.6 Å². The monoisotopic (exact) mass is 546 g/mol. The van der Waals surface area contributed by atoms with E-state index in [1.807, 2.05) is 4.90 Å². The zero-order valence-corrected chi connectivity index (χ0v) is 23.4. The second-order valence-electron chi connectivity index (χ2n) is 11.7. The number of fused-ring (bicyclic) bond motifs is 3. The Labute approximate surface area is 235 Å². The molecule has 2 aromatic rings. The molecule has 40 heavy (non-hydrogen) atoms. The van der Waals surface area contributed by atoms with Gasteiger partial charge in [-0.2, -0.15) is 9.97 Å². The zero-order valence-electron chi connectivity index (χ0n) is 23.4. The van der Waals surface area contributed by atoms with Crippen LogP contribution in [0.5, 0.6) is 6.01 Å². The van der Waals surface area contributed by atoms with Crippen molar-refractivity contribution in [2.24, 2.45) is 0 Å². The molecule has 3 fully saturated rings. The lowest BCUT2D eigenvalue weighted by molar-refractivity contribution is -0.129. The third-order valence-corrected chi connectivity index (χ3v) is 9.40. The van der Waals surface area contributed by atoms with Gasteiger partial charge in [-0.3, -0.25) is 14.6 Å². The standard InChI is InChI=1S/C30H38N6O4/c1-4-28(37)35-11-12-36(25-18-39-17-24(25)35)29-21-13-34(23-10-9-19-7-5-6-8-20(19)23)14-22(21)31-30(32-29)40-27-16-33(2)15-26(27)38-3/h4-8,23-27H,1,9-18H2,2-3H3/t23?,24?,25?,26-,27-/m1/s1. The fourth-order valence-corrected chi connectivity index (χ4v) is 7.39. The number of likely N-dealkylation sites (N-methyl/N-ethyl adjacent to an activating group) is 1. The lowest BCUT2D eigenvalue weighted by Gasteiger charge is -2.44. The molecule has 5 aliphatic rings. The maximum atomic E-state index is 12.6. The Morgan fingerprint density at radius 3 is 2.77 bits per heavy atom. The van der Waals surface area contributed by atoms with Crippen molar-refractivity contribution in [2.75, 3.05) is 58.5 Å². The largest absolute Gasteiger partial charge is 0.456 e. The van der Waals surface area contributed by atoms with Crippen LogP contribution in [-0.2, 0) is 33.8 Å². The topological polar surface area (TPSA) is 83.5 Å². The van der Waals surface area contributed by atoms with Crippen molar-refractivity contribution >= 4 is 11.7 Å². The summed E-state index contributed by atoms with van der Waals surface area (Å²) in [6.45, 7) is 9.19. The summed E-state index contributed by atoms with van der Waals surface area (Å²) in [6.07, 6.45) is 3.46. The van der Waals surface area contributed by atoms with E-state index in [1.54, 1.807) is 7.11 Å². The fourth-order valence-electron chi connectivity index (χ4n) is 7.39. The molecule has 3 unspecified atom stereocenters. The lowest BCUT2D eigenvalue weighted by Crippen LogP contribution is -2.61. The number of likely N-dealkylation sites (tertiary alicyclic amines) is 1. The van der Waals surface area contributed by atoms with Gasteiger partial charge in [-0.25, -0.2) is 0 Å². The maximum Gasteiger partial charge on any atom is 0.319 e. The molecule has 3 saturated heterocycles. The first-order valence-electron chi connectivity index (χ1n) is 14.4. The predicted octanol–water partition coefficient (Wildman–Crippen LogP) is 1.79. The molecule has 1 aromatic heterocycles. The molecule has 1 aromatic carbocycles. The van der Waals surface area contributed by atoms with Crippen LogP contribution in [0.4, 0.5) is 5.82 Å². The van der Waals surface area contributed by atoms with Crippen molar-refractivity contribution in [3.05, 3.63) is 59.3 Å². The molecule has 1 aliphatic carbocycles. The van der Waals surface area contributed by atoms with Gasteiger partial charge in [-0.1, -0.05) is 30.8 Å². The molecular weight excluding hydrogens is 508 g/mol. The molecule has 10 heteroatoms. The number of nitrogens with zero attached hydrogens (tertiary/aromatic N) is 6. The van der Waals surface area contributed by atoms with Crippen molar-refractivity contribution in [3.8, 4) is 6.01 Å². The molecule has 0 bridgehead atoms. The minimum Gasteiger partial charge on any atom is -0.456 e. The van der Waals surface area contributed by atoms with Crippen molar-refractivity contribution < 1.29 is 19.0 Å². The van der Waals surface area contributed by atoms with E-state index >= 15 is 0 Å². The van der Waals surface area contributed by atoms with Crippen LogP contribution in [0.25, 0.3) is 0 Å². The van der Waals surface area contributed by atoms with Gasteiger partial charge < -0.3 is 24.0 Å². The van der Waals surface area contributed by atoms with Gasteiger partial charge in [0, 0.05) is 58.0 Å². The van der Waals surface area contributed by atoms with E-state index in [4.69, 9.17) is 24.2 Å². The predicted molar refractivity (Wildman–Crippen MR) is 149 cm³/mol. The highest BCUT2D eigenvalue weighted by molar-refractivity contribution is 5.87. The van der Waals surface area contributed by atoms with Gasteiger partial charge in [-0.05, 0) is 37.1 Å². The Morgan fingerprint density at radius 1 is 1.10 bits per heavy atom. The fraction of sp³-hybridized carbons (Fsp3) is 0.567. The van der Waals surface area contributed by atoms with Crippen LogP contribution in [0.15, 0.2) is 36.9 Å². The lowest BCUT2D eigenvalue weighted by atomic mass is 10.0. The number of benzene rings is 1. The Bertz CT molecular complexity index is 1300. The maximum absolute atomic E-state index is 12.6. The van der Waals surface area contributed by atoms with Crippen LogP contribution in [0.2, 0.25) is 0 Å². The molecule has 0 saturated carbocycles. The average Bonchev–Trinajstić information content (AvgIpc) is 3.76. The molecule has 5 atom stereocenters. The highest BCUT2D eigenvalue weighted by atomic mass is 16.5. The Hall–Kier alpha value is -3.05. The second kappa shape index (κ2) is 10.4. The first kappa shape index (κ1) is 25.9. The third kappa shape index (κ3) is 4.38. The number of amides is 1. The first-order valence-corrected chi connectivity index (χ1v) is 14.4. The summed E-state index contributed by atoms with van der Waals surface area (Å²) in [5, 5.41) is 0. The van der Waals surface area contributed by atoms with E-state index in [-0.39, 0.29) is 30.2 Å². The molecule has 1 amide bonds. The van der Waals surface area contributed by atoms with Crippen LogP contribution in [-0.4, -0.2) is 108 Å². The van der Waals surface area contributed by atoms with E-state index in [0.29, 0.717) is 38.4 Å². The molecule has 0 radical (unpaired) electrons.